The molecule has 5 amide bonds. The summed E-state index contributed by atoms with van der Waals surface area (Å²) in [6.07, 6.45) is 1.03. The maximum Gasteiger partial charge on any atom is 0.416 e. The van der Waals surface area contributed by atoms with E-state index >= 15 is 0 Å². The first-order valence-corrected chi connectivity index (χ1v) is 16.8. The largest absolute Gasteiger partial charge is 0.416 e. The van der Waals surface area contributed by atoms with Crippen molar-refractivity contribution in [2.45, 2.75) is 49.9 Å². The van der Waals surface area contributed by atoms with Gasteiger partial charge in [0.25, 0.3) is 17.7 Å². The third-order valence-electron chi connectivity index (χ3n) is 10.8. The second kappa shape index (κ2) is 11.6. The number of anilines is 3. The zero-order valence-electron chi connectivity index (χ0n) is 26.5. The minimum Gasteiger partial charge on any atom is -0.371 e. The van der Waals surface area contributed by atoms with Crippen molar-refractivity contribution in [1.29, 1.82) is 0 Å². The van der Waals surface area contributed by atoms with E-state index < -0.39 is 46.9 Å². The minimum atomic E-state index is -4.55. The molecule has 12 nitrogen and oxygen atoms in total. The number of halogens is 4. The summed E-state index contributed by atoms with van der Waals surface area (Å²) in [5.74, 6) is -1.91. The van der Waals surface area contributed by atoms with Crippen molar-refractivity contribution >= 4 is 58.2 Å². The first-order valence-electron chi connectivity index (χ1n) is 16.4. The molecule has 0 spiro atoms. The average Bonchev–Trinajstić information content (AvgIpc) is 3.81. The number of rotatable bonds is 6. The molecule has 1 aliphatic carbocycles. The predicted octanol–water partition coefficient (Wildman–Crippen LogP) is 4.05. The van der Waals surface area contributed by atoms with Crippen LogP contribution < -0.4 is 20.4 Å². The molecule has 3 aromatic rings. The summed E-state index contributed by atoms with van der Waals surface area (Å²) in [6, 6.07) is 6.98. The quantitative estimate of drug-likeness (QED) is 0.366. The molecule has 4 aliphatic heterocycles. The van der Waals surface area contributed by atoms with Crippen LogP contribution in [0.3, 0.4) is 0 Å². The van der Waals surface area contributed by atoms with E-state index in [0.717, 1.165) is 67.1 Å². The molecule has 1 saturated carbocycles. The van der Waals surface area contributed by atoms with Gasteiger partial charge in [0.2, 0.25) is 11.8 Å². The molecule has 5 heterocycles. The highest BCUT2D eigenvalue weighted by Crippen LogP contribution is 2.43. The lowest BCUT2D eigenvalue weighted by Crippen LogP contribution is -2.54. The zero-order chi connectivity index (χ0) is 35.1. The van der Waals surface area contributed by atoms with E-state index in [2.05, 4.69) is 25.5 Å². The fourth-order valence-electron chi connectivity index (χ4n) is 7.88. The monoisotopic (exact) mass is 709 g/mol. The van der Waals surface area contributed by atoms with E-state index in [4.69, 9.17) is 11.6 Å². The Morgan fingerprint density at radius 3 is 2.22 bits per heavy atom. The maximum atomic E-state index is 13.5. The number of imide groups is 2. The summed E-state index contributed by atoms with van der Waals surface area (Å²) in [5.41, 5.74) is 0.404. The zero-order valence-corrected chi connectivity index (χ0v) is 27.3. The van der Waals surface area contributed by atoms with Gasteiger partial charge in [0, 0.05) is 56.3 Å². The van der Waals surface area contributed by atoms with E-state index in [0.29, 0.717) is 24.7 Å². The molecule has 8 rings (SSSR count). The standard InChI is InChI=1S/C34H31ClF3N7O5/c35-25-10-20(34(36,37)38)2-5-26(25)40-32(50)33(8-1-9-33)44-17-22(12-39-44)43-15-18-13-42(14-19(18)16-43)21-3-4-23-24(11-21)31(49)45(30(23)48)27-6-7-28(46)41-29(27)47/h2-5,10-12,17-19,27H,1,6-9,13-16H2,(H,40,50)(H,41,46,47). The first kappa shape index (κ1) is 32.3. The minimum absolute atomic E-state index is 0.0564. The summed E-state index contributed by atoms with van der Waals surface area (Å²) in [6.45, 7) is 2.96. The molecule has 3 saturated heterocycles. The van der Waals surface area contributed by atoms with Crippen molar-refractivity contribution in [1.82, 2.24) is 20.0 Å². The van der Waals surface area contributed by atoms with Gasteiger partial charge in [-0.15, -0.1) is 0 Å². The number of nitrogens with one attached hydrogen (secondary N) is 2. The summed E-state index contributed by atoms with van der Waals surface area (Å²) in [5, 5.41) is 9.28. The summed E-state index contributed by atoms with van der Waals surface area (Å²) >= 11 is 6.10. The van der Waals surface area contributed by atoms with Crippen LogP contribution in [0.25, 0.3) is 0 Å². The predicted molar refractivity (Wildman–Crippen MR) is 174 cm³/mol. The number of nitrogens with zero attached hydrogens (tertiary/aromatic N) is 5. The van der Waals surface area contributed by atoms with Crippen molar-refractivity contribution in [3.63, 3.8) is 0 Å². The topological polar surface area (TPSA) is 137 Å². The number of amides is 5. The van der Waals surface area contributed by atoms with E-state index in [-0.39, 0.29) is 40.6 Å². The first-order chi connectivity index (χ1) is 23.8. The molecule has 3 unspecified atom stereocenters. The lowest BCUT2D eigenvalue weighted by molar-refractivity contribution is -0.138. The third kappa shape index (κ3) is 5.20. The summed E-state index contributed by atoms with van der Waals surface area (Å²) < 4.78 is 40.9. The Hall–Kier alpha value is -4.92. The molecule has 3 atom stereocenters. The Kier molecular flexibility index (Phi) is 7.47. The van der Waals surface area contributed by atoms with Crippen LogP contribution in [0.1, 0.15) is 58.4 Å². The van der Waals surface area contributed by atoms with Gasteiger partial charge in [-0.05, 0) is 62.1 Å². The number of hydrogen-bond acceptors (Lipinski definition) is 8. The number of carbonyl (C=O) groups is 5. The van der Waals surface area contributed by atoms with E-state index in [1.807, 2.05) is 12.3 Å². The number of aromatic nitrogens is 2. The molecule has 2 N–H and O–H groups in total. The Morgan fingerprint density at radius 1 is 0.920 bits per heavy atom. The summed E-state index contributed by atoms with van der Waals surface area (Å²) in [7, 11) is 0. The molecular formula is C34H31ClF3N7O5. The van der Waals surface area contributed by atoms with Crippen molar-refractivity contribution in [2.24, 2.45) is 11.8 Å². The van der Waals surface area contributed by atoms with Crippen LogP contribution in [0, 0.1) is 11.8 Å². The van der Waals surface area contributed by atoms with Crippen molar-refractivity contribution < 1.29 is 37.1 Å². The van der Waals surface area contributed by atoms with Gasteiger partial charge in [-0.1, -0.05) is 11.6 Å². The van der Waals surface area contributed by atoms with Gasteiger partial charge >= 0.3 is 6.18 Å². The lowest BCUT2D eigenvalue weighted by atomic mass is 9.76. The van der Waals surface area contributed by atoms with Gasteiger partial charge in [0.15, 0.2) is 0 Å². The fourth-order valence-corrected chi connectivity index (χ4v) is 8.11. The Labute approximate surface area is 288 Å². The van der Waals surface area contributed by atoms with Gasteiger partial charge < -0.3 is 15.1 Å². The van der Waals surface area contributed by atoms with E-state index in [1.165, 1.54) is 0 Å². The number of hydrogen-bond donors (Lipinski definition) is 2. The number of benzene rings is 2. The molecule has 50 heavy (non-hydrogen) atoms. The van der Waals surface area contributed by atoms with Crippen molar-refractivity contribution in [3.05, 3.63) is 70.5 Å². The smallest absolute Gasteiger partial charge is 0.371 e. The Bertz CT molecular complexity index is 1960. The second-order valence-corrected chi connectivity index (χ2v) is 14.1. The lowest BCUT2D eigenvalue weighted by Gasteiger charge is -2.40. The molecule has 5 aliphatic rings. The molecule has 16 heteroatoms. The van der Waals surface area contributed by atoms with Gasteiger partial charge in [-0.25, -0.2) is 0 Å². The van der Waals surface area contributed by atoms with Crippen LogP contribution in [0.4, 0.5) is 30.2 Å². The molecule has 0 radical (unpaired) electrons. The third-order valence-corrected chi connectivity index (χ3v) is 11.1. The highest BCUT2D eigenvalue weighted by molar-refractivity contribution is 6.33. The Balaban J connectivity index is 0.919. The van der Waals surface area contributed by atoms with Gasteiger partial charge in [0.05, 0.1) is 39.3 Å². The summed E-state index contributed by atoms with van der Waals surface area (Å²) in [4.78, 5) is 69.3. The number of carbonyl (C=O) groups excluding carboxylic acids is 5. The second-order valence-electron chi connectivity index (χ2n) is 13.7. The van der Waals surface area contributed by atoms with Gasteiger partial charge in [-0.3, -0.25) is 38.9 Å². The molecule has 2 aromatic carbocycles. The normalized spacial score (nSPS) is 24.3. The number of piperidine rings is 1. The molecule has 260 valence electrons. The van der Waals surface area contributed by atoms with Crippen LogP contribution >= 0.6 is 11.6 Å². The molecule has 0 bridgehead atoms. The Morgan fingerprint density at radius 2 is 1.60 bits per heavy atom. The fraction of sp³-hybridized carbons (Fsp3) is 0.412. The van der Waals surface area contributed by atoms with Crippen molar-refractivity contribution in [3.8, 4) is 0 Å². The molecule has 1 aromatic heterocycles. The molecular weight excluding hydrogens is 679 g/mol. The van der Waals surface area contributed by atoms with Crippen LogP contribution in [0.2, 0.25) is 5.02 Å². The molecule has 4 fully saturated rings. The van der Waals surface area contributed by atoms with Gasteiger partial charge in [0.1, 0.15) is 11.6 Å². The van der Waals surface area contributed by atoms with Crippen molar-refractivity contribution in [2.75, 3.05) is 41.3 Å². The van der Waals surface area contributed by atoms with Crippen LogP contribution in [0.5, 0.6) is 0 Å². The number of fused-ring (bicyclic) bond motifs is 2. The van der Waals surface area contributed by atoms with E-state index in [1.54, 1.807) is 23.0 Å². The SMILES string of the molecule is O=C1CCC(N2C(=O)c3ccc(N4CC5CN(c6cnn(C7(C(=O)Nc8ccc(C(F)(F)F)cc8Cl)CCC7)c6)CC5C4)cc3C2=O)C(=O)N1. The average molecular weight is 710 g/mol. The van der Waals surface area contributed by atoms with Gasteiger partial charge in [-0.2, -0.15) is 18.3 Å². The number of alkyl halides is 3. The van der Waals surface area contributed by atoms with Crippen LogP contribution in [-0.2, 0) is 26.1 Å². The van der Waals surface area contributed by atoms with Crippen LogP contribution in [-0.4, -0.2) is 76.4 Å². The van der Waals surface area contributed by atoms with Crippen LogP contribution in [0.15, 0.2) is 48.8 Å². The maximum absolute atomic E-state index is 13.5. The highest BCUT2D eigenvalue weighted by atomic mass is 35.5. The highest BCUT2D eigenvalue weighted by Gasteiger charge is 2.49. The van der Waals surface area contributed by atoms with E-state index in [9.17, 15) is 37.1 Å².